The van der Waals surface area contributed by atoms with Crippen LogP contribution in [0.1, 0.15) is 34.6 Å². The topological polar surface area (TPSA) is 59.0 Å². The molecule has 0 saturated carbocycles. The average Bonchev–Trinajstić information content (AvgIpc) is 3.14. The van der Waals surface area contributed by atoms with Crippen molar-refractivity contribution in [2.75, 3.05) is 13.1 Å². The van der Waals surface area contributed by atoms with Crippen LogP contribution in [-0.2, 0) is 0 Å². The first-order valence-corrected chi connectivity index (χ1v) is 7.79. The number of hydrogen-bond donors (Lipinski definition) is 2. The minimum absolute atomic E-state index is 0.0198. The smallest absolute Gasteiger partial charge is 0.251 e. The van der Waals surface area contributed by atoms with E-state index in [4.69, 9.17) is 0 Å². The number of carbonyl (C=O) groups excluding carboxylic acids is 1. The van der Waals surface area contributed by atoms with E-state index in [0.717, 1.165) is 30.0 Å². The van der Waals surface area contributed by atoms with Crippen LogP contribution in [0, 0.1) is 13.8 Å². The van der Waals surface area contributed by atoms with Crippen molar-refractivity contribution >= 4 is 5.91 Å². The summed E-state index contributed by atoms with van der Waals surface area (Å²) in [5, 5.41) is 10.8. The van der Waals surface area contributed by atoms with Crippen LogP contribution < -0.4 is 10.6 Å². The predicted molar refractivity (Wildman–Crippen MR) is 86.4 cm³/mol. The Morgan fingerprint density at radius 1 is 1.36 bits per heavy atom. The van der Waals surface area contributed by atoms with Gasteiger partial charge in [0.05, 0.1) is 11.4 Å². The zero-order valence-corrected chi connectivity index (χ0v) is 13.1. The third kappa shape index (κ3) is 3.20. The fraction of sp³-hybridized carbons (Fsp3) is 0.412. The first-order chi connectivity index (χ1) is 10.6. The van der Waals surface area contributed by atoms with E-state index in [0.29, 0.717) is 18.2 Å². The maximum absolute atomic E-state index is 12.2. The van der Waals surface area contributed by atoms with Crippen molar-refractivity contribution in [2.24, 2.45) is 0 Å². The molecule has 0 aliphatic carbocycles. The Kier molecular flexibility index (Phi) is 4.24. The number of aromatic nitrogens is 2. The van der Waals surface area contributed by atoms with Gasteiger partial charge in [0.2, 0.25) is 0 Å². The number of amides is 1. The molecular formula is C17H22N4O. The molecule has 5 heteroatoms. The van der Waals surface area contributed by atoms with Gasteiger partial charge in [-0.1, -0.05) is 0 Å². The average molecular weight is 298 g/mol. The Balaban J connectivity index is 1.65. The van der Waals surface area contributed by atoms with Gasteiger partial charge in [-0.05, 0) is 63.6 Å². The summed E-state index contributed by atoms with van der Waals surface area (Å²) >= 11 is 0. The Morgan fingerprint density at radius 3 is 2.73 bits per heavy atom. The van der Waals surface area contributed by atoms with Gasteiger partial charge in [-0.25, -0.2) is 4.68 Å². The molecule has 1 saturated heterocycles. The van der Waals surface area contributed by atoms with Crippen LogP contribution in [0.4, 0.5) is 0 Å². The molecule has 1 aliphatic heterocycles. The number of nitrogens with zero attached hydrogens (tertiary/aromatic N) is 2. The van der Waals surface area contributed by atoms with Gasteiger partial charge in [-0.2, -0.15) is 5.10 Å². The first-order valence-electron chi connectivity index (χ1n) is 7.79. The second-order valence-corrected chi connectivity index (χ2v) is 5.89. The van der Waals surface area contributed by atoms with Crippen molar-refractivity contribution in [1.82, 2.24) is 20.4 Å². The van der Waals surface area contributed by atoms with E-state index in [1.54, 1.807) is 0 Å². The van der Waals surface area contributed by atoms with Gasteiger partial charge >= 0.3 is 0 Å². The Labute approximate surface area is 130 Å². The molecule has 1 unspecified atom stereocenters. The van der Waals surface area contributed by atoms with E-state index >= 15 is 0 Å². The lowest BCUT2D eigenvalue weighted by Crippen LogP contribution is -2.37. The maximum atomic E-state index is 12.2. The Bertz CT molecular complexity index is 654. The summed E-state index contributed by atoms with van der Waals surface area (Å²) in [4.78, 5) is 12.2. The molecule has 2 N–H and O–H groups in total. The number of aryl methyl sites for hydroxylation is 2. The monoisotopic (exact) mass is 298 g/mol. The van der Waals surface area contributed by atoms with E-state index in [9.17, 15) is 4.79 Å². The normalized spacial score (nSPS) is 17.6. The Morgan fingerprint density at radius 2 is 2.14 bits per heavy atom. The molecule has 22 heavy (non-hydrogen) atoms. The second kappa shape index (κ2) is 6.32. The van der Waals surface area contributed by atoms with Gasteiger partial charge in [0.15, 0.2) is 0 Å². The summed E-state index contributed by atoms with van der Waals surface area (Å²) in [6.45, 7) is 5.74. The summed E-state index contributed by atoms with van der Waals surface area (Å²) in [6.07, 6.45) is 2.33. The van der Waals surface area contributed by atoms with Crippen LogP contribution >= 0.6 is 0 Å². The van der Waals surface area contributed by atoms with Crippen molar-refractivity contribution in [3.05, 3.63) is 47.3 Å². The molecule has 0 radical (unpaired) electrons. The lowest BCUT2D eigenvalue weighted by Gasteiger charge is -2.12. The molecule has 1 fully saturated rings. The summed E-state index contributed by atoms with van der Waals surface area (Å²) in [7, 11) is 0. The van der Waals surface area contributed by atoms with Crippen molar-refractivity contribution < 1.29 is 4.79 Å². The molecule has 116 valence electrons. The van der Waals surface area contributed by atoms with E-state index in [2.05, 4.69) is 15.7 Å². The van der Waals surface area contributed by atoms with E-state index in [1.165, 1.54) is 6.42 Å². The van der Waals surface area contributed by atoms with E-state index < -0.39 is 0 Å². The Hall–Kier alpha value is -2.14. The quantitative estimate of drug-likeness (QED) is 0.907. The van der Waals surface area contributed by atoms with Crippen LogP contribution in [0.15, 0.2) is 30.3 Å². The third-order valence-electron chi connectivity index (χ3n) is 4.06. The molecule has 1 atom stereocenters. The van der Waals surface area contributed by atoms with Gasteiger partial charge in [0.25, 0.3) is 5.91 Å². The highest BCUT2D eigenvalue weighted by molar-refractivity contribution is 5.94. The molecule has 2 aromatic rings. The van der Waals surface area contributed by atoms with Crippen LogP contribution in [0.3, 0.4) is 0 Å². The molecule has 3 rings (SSSR count). The molecule has 1 amide bonds. The van der Waals surface area contributed by atoms with Crippen LogP contribution in [-0.4, -0.2) is 34.8 Å². The number of benzene rings is 1. The van der Waals surface area contributed by atoms with Gasteiger partial charge in [-0.15, -0.1) is 0 Å². The summed E-state index contributed by atoms with van der Waals surface area (Å²) in [6, 6.07) is 10.0. The lowest BCUT2D eigenvalue weighted by atomic mass is 10.1. The number of hydrogen-bond acceptors (Lipinski definition) is 3. The van der Waals surface area contributed by atoms with Gasteiger partial charge in [0, 0.05) is 23.8 Å². The zero-order valence-electron chi connectivity index (χ0n) is 13.1. The second-order valence-electron chi connectivity index (χ2n) is 5.89. The SMILES string of the molecule is Cc1cc(C)n(-c2ccc(C(=O)NCC3CCCN3)cc2)n1. The fourth-order valence-corrected chi connectivity index (χ4v) is 2.89. The van der Waals surface area contributed by atoms with Crippen LogP contribution in [0.2, 0.25) is 0 Å². The molecule has 0 spiro atoms. The van der Waals surface area contributed by atoms with Crippen molar-refractivity contribution in [1.29, 1.82) is 0 Å². The lowest BCUT2D eigenvalue weighted by molar-refractivity contribution is 0.0950. The largest absolute Gasteiger partial charge is 0.350 e. The third-order valence-corrected chi connectivity index (χ3v) is 4.06. The predicted octanol–water partition coefficient (Wildman–Crippen LogP) is 1.97. The number of carbonyl (C=O) groups is 1. The van der Waals surface area contributed by atoms with Crippen molar-refractivity contribution in [2.45, 2.75) is 32.7 Å². The number of rotatable bonds is 4. The van der Waals surface area contributed by atoms with Gasteiger partial charge in [0.1, 0.15) is 0 Å². The van der Waals surface area contributed by atoms with E-state index in [-0.39, 0.29) is 5.91 Å². The summed E-state index contributed by atoms with van der Waals surface area (Å²) < 4.78 is 1.89. The fourth-order valence-electron chi connectivity index (χ4n) is 2.89. The molecule has 2 heterocycles. The molecular weight excluding hydrogens is 276 g/mol. The van der Waals surface area contributed by atoms with Gasteiger partial charge in [-0.3, -0.25) is 4.79 Å². The van der Waals surface area contributed by atoms with Crippen molar-refractivity contribution in [3.63, 3.8) is 0 Å². The molecule has 1 aromatic heterocycles. The highest BCUT2D eigenvalue weighted by Crippen LogP contribution is 2.13. The van der Waals surface area contributed by atoms with Crippen LogP contribution in [0.5, 0.6) is 0 Å². The maximum Gasteiger partial charge on any atom is 0.251 e. The highest BCUT2D eigenvalue weighted by Gasteiger charge is 2.15. The van der Waals surface area contributed by atoms with Crippen molar-refractivity contribution in [3.8, 4) is 5.69 Å². The minimum Gasteiger partial charge on any atom is -0.350 e. The van der Waals surface area contributed by atoms with Crippen LogP contribution in [0.25, 0.3) is 5.69 Å². The highest BCUT2D eigenvalue weighted by atomic mass is 16.1. The molecule has 5 nitrogen and oxygen atoms in total. The first kappa shape index (κ1) is 14.8. The van der Waals surface area contributed by atoms with Gasteiger partial charge < -0.3 is 10.6 Å². The molecule has 1 aliphatic rings. The standard InChI is InChI=1S/C17H22N4O/c1-12-10-13(2)21(20-12)16-7-5-14(6-8-16)17(22)19-11-15-4-3-9-18-15/h5-8,10,15,18H,3-4,9,11H2,1-2H3,(H,19,22). The molecule has 0 bridgehead atoms. The zero-order chi connectivity index (χ0) is 15.5. The minimum atomic E-state index is -0.0198. The van der Waals surface area contributed by atoms with E-state index in [1.807, 2.05) is 48.9 Å². The number of nitrogens with one attached hydrogen (secondary N) is 2. The summed E-state index contributed by atoms with van der Waals surface area (Å²) in [5.74, 6) is -0.0198. The summed E-state index contributed by atoms with van der Waals surface area (Å²) in [5.41, 5.74) is 3.73. The molecule has 1 aromatic carbocycles.